The number of nitrogens with zero attached hydrogens (tertiary/aromatic N) is 2. The number of rotatable bonds is 6. The van der Waals surface area contributed by atoms with Crippen LogP contribution in [0.4, 0.5) is 0 Å². The van der Waals surface area contributed by atoms with Crippen LogP contribution >= 0.6 is 24.8 Å². The van der Waals surface area contributed by atoms with Crippen LogP contribution in [0.25, 0.3) is 0 Å². The summed E-state index contributed by atoms with van der Waals surface area (Å²) in [6.45, 7) is 7.45. The molecule has 0 bridgehead atoms. The van der Waals surface area contributed by atoms with Gasteiger partial charge in [0.2, 0.25) is 5.91 Å². The van der Waals surface area contributed by atoms with Crippen molar-refractivity contribution >= 4 is 30.7 Å². The van der Waals surface area contributed by atoms with Crippen molar-refractivity contribution in [3.05, 3.63) is 35.9 Å². The Labute approximate surface area is 157 Å². The SMILES string of the molecule is CC(C1CC1)N(Cc1ccccc1)C(=O)CN1CCNCC1.Cl.Cl. The van der Waals surface area contributed by atoms with Gasteiger partial charge >= 0.3 is 0 Å². The van der Waals surface area contributed by atoms with Crippen molar-refractivity contribution in [1.82, 2.24) is 15.1 Å². The van der Waals surface area contributed by atoms with Gasteiger partial charge in [0, 0.05) is 38.8 Å². The van der Waals surface area contributed by atoms with Gasteiger partial charge in [0.05, 0.1) is 6.54 Å². The van der Waals surface area contributed by atoms with E-state index in [2.05, 4.69) is 46.3 Å². The summed E-state index contributed by atoms with van der Waals surface area (Å²) >= 11 is 0. The molecule has 1 atom stereocenters. The zero-order valence-electron chi connectivity index (χ0n) is 14.3. The molecule has 4 nitrogen and oxygen atoms in total. The van der Waals surface area contributed by atoms with E-state index in [0.717, 1.165) is 32.7 Å². The maximum absolute atomic E-state index is 12.9. The van der Waals surface area contributed by atoms with E-state index in [9.17, 15) is 4.79 Å². The predicted molar refractivity (Wildman–Crippen MR) is 103 cm³/mol. The molecule has 0 aromatic heterocycles. The Kier molecular flexibility index (Phi) is 9.06. The molecule has 1 aromatic rings. The van der Waals surface area contributed by atoms with Crippen LogP contribution in [-0.2, 0) is 11.3 Å². The van der Waals surface area contributed by atoms with E-state index in [-0.39, 0.29) is 30.7 Å². The van der Waals surface area contributed by atoms with Crippen molar-refractivity contribution < 1.29 is 4.79 Å². The van der Waals surface area contributed by atoms with Gasteiger partial charge in [0.15, 0.2) is 0 Å². The van der Waals surface area contributed by atoms with Gasteiger partial charge in [0.1, 0.15) is 0 Å². The minimum absolute atomic E-state index is 0. The molecule has 1 amide bonds. The number of benzene rings is 1. The van der Waals surface area contributed by atoms with Gasteiger partial charge in [-0.25, -0.2) is 0 Å². The first-order chi connectivity index (χ1) is 10.7. The van der Waals surface area contributed by atoms with Crippen molar-refractivity contribution in [2.45, 2.75) is 32.4 Å². The molecule has 1 saturated heterocycles. The van der Waals surface area contributed by atoms with Crippen LogP contribution in [0.2, 0.25) is 0 Å². The summed E-state index contributed by atoms with van der Waals surface area (Å²) in [6.07, 6.45) is 2.54. The Balaban J connectivity index is 0.00000144. The number of piperazine rings is 1. The number of carbonyl (C=O) groups is 1. The lowest BCUT2D eigenvalue weighted by molar-refractivity contribution is -0.135. The average molecular weight is 374 g/mol. The molecule has 24 heavy (non-hydrogen) atoms. The van der Waals surface area contributed by atoms with E-state index in [1.54, 1.807) is 0 Å². The third-order valence-corrected chi connectivity index (χ3v) is 4.88. The van der Waals surface area contributed by atoms with Crippen LogP contribution in [0.5, 0.6) is 0 Å². The lowest BCUT2D eigenvalue weighted by Gasteiger charge is -2.33. The van der Waals surface area contributed by atoms with Crippen LogP contribution in [0.3, 0.4) is 0 Å². The van der Waals surface area contributed by atoms with Gasteiger partial charge in [-0.1, -0.05) is 30.3 Å². The van der Waals surface area contributed by atoms with E-state index in [1.807, 2.05) is 6.07 Å². The first-order valence-electron chi connectivity index (χ1n) is 8.50. The average Bonchev–Trinajstić information content (AvgIpc) is 3.39. The van der Waals surface area contributed by atoms with Crippen molar-refractivity contribution in [2.75, 3.05) is 32.7 Å². The highest BCUT2D eigenvalue weighted by atomic mass is 35.5. The molecule has 0 spiro atoms. The molecule has 1 N–H and O–H groups in total. The summed E-state index contributed by atoms with van der Waals surface area (Å²) in [7, 11) is 0. The fourth-order valence-electron chi connectivity index (χ4n) is 3.22. The number of amides is 1. The highest BCUT2D eigenvalue weighted by molar-refractivity contribution is 5.85. The topological polar surface area (TPSA) is 35.6 Å². The van der Waals surface area contributed by atoms with Crippen LogP contribution in [0.1, 0.15) is 25.3 Å². The number of halogens is 2. The summed E-state index contributed by atoms with van der Waals surface area (Å²) < 4.78 is 0. The monoisotopic (exact) mass is 373 g/mol. The molecule has 0 radical (unpaired) electrons. The smallest absolute Gasteiger partial charge is 0.237 e. The van der Waals surface area contributed by atoms with Gasteiger partial charge in [-0.2, -0.15) is 0 Å². The molecule has 1 aliphatic heterocycles. The number of hydrogen-bond donors (Lipinski definition) is 1. The van der Waals surface area contributed by atoms with Crippen LogP contribution in [0.15, 0.2) is 30.3 Å². The number of hydrogen-bond acceptors (Lipinski definition) is 3. The Morgan fingerprint density at radius 3 is 2.42 bits per heavy atom. The molecule has 2 aliphatic rings. The van der Waals surface area contributed by atoms with E-state index in [0.29, 0.717) is 18.5 Å². The molecule has 1 aliphatic carbocycles. The van der Waals surface area contributed by atoms with Crippen molar-refractivity contribution in [1.29, 1.82) is 0 Å². The largest absolute Gasteiger partial charge is 0.334 e. The van der Waals surface area contributed by atoms with Crippen molar-refractivity contribution in [3.63, 3.8) is 0 Å². The minimum Gasteiger partial charge on any atom is -0.334 e. The van der Waals surface area contributed by atoms with E-state index in [4.69, 9.17) is 0 Å². The Morgan fingerprint density at radius 1 is 1.21 bits per heavy atom. The van der Waals surface area contributed by atoms with E-state index >= 15 is 0 Å². The molecule has 1 aromatic carbocycles. The zero-order valence-corrected chi connectivity index (χ0v) is 16.0. The highest BCUT2D eigenvalue weighted by Crippen LogP contribution is 2.35. The van der Waals surface area contributed by atoms with Crippen LogP contribution < -0.4 is 5.32 Å². The Hall–Kier alpha value is -0.810. The maximum atomic E-state index is 12.9. The van der Waals surface area contributed by atoms with Gasteiger partial charge in [-0.3, -0.25) is 9.69 Å². The first kappa shape index (κ1) is 21.2. The van der Waals surface area contributed by atoms with E-state index < -0.39 is 0 Å². The van der Waals surface area contributed by atoms with Gasteiger partial charge in [-0.05, 0) is 31.2 Å². The second kappa shape index (κ2) is 10.2. The van der Waals surface area contributed by atoms with Crippen LogP contribution in [0, 0.1) is 5.92 Å². The summed E-state index contributed by atoms with van der Waals surface area (Å²) in [4.78, 5) is 17.2. The second-order valence-corrected chi connectivity index (χ2v) is 6.61. The number of nitrogens with one attached hydrogen (secondary N) is 1. The fraction of sp³-hybridized carbons (Fsp3) is 0.611. The Bertz CT molecular complexity index is 490. The normalized spacial score (nSPS) is 18.9. The Morgan fingerprint density at radius 2 is 1.83 bits per heavy atom. The van der Waals surface area contributed by atoms with Crippen molar-refractivity contribution in [2.24, 2.45) is 5.92 Å². The minimum atomic E-state index is 0. The summed E-state index contributed by atoms with van der Waals surface area (Å²) in [5, 5.41) is 3.34. The first-order valence-corrected chi connectivity index (χ1v) is 8.50. The maximum Gasteiger partial charge on any atom is 0.237 e. The molecule has 3 rings (SSSR count). The lowest BCUT2D eigenvalue weighted by Crippen LogP contribution is -2.50. The van der Waals surface area contributed by atoms with Gasteiger partial charge in [-0.15, -0.1) is 24.8 Å². The van der Waals surface area contributed by atoms with E-state index in [1.165, 1.54) is 18.4 Å². The third-order valence-electron chi connectivity index (χ3n) is 4.88. The molecule has 1 saturated carbocycles. The standard InChI is InChI=1S/C18H27N3O.2ClH/c1-15(17-7-8-17)21(13-16-5-3-2-4-6-16)18(22)14-20-11-9-19-10-12-20;;/h2-6,15,17,19H,7-14H2,1H3;2*1H. The molecule has 2 fully saturated rings. The molecular weight excluding hydrogens is 345 g/mol. The van der Waals surface area contributed by atoms with Crippen molar-refractivity contribution in [3.8, 4) is 0 Å². The summed E-state index contributed by atoms with van der Waals surface area (Å²) in [6, 6.07) is 10.7. The number of carbonyl (C=O) groups excluding carboxylic acids is 1. The second-order valence-electron chi connectivity index (χ2n) is 6.61. The molecule has 6 heteroatoms. The third kappa shape index (κ3) is 5.92. The molecule has 1 unspecified atom stereocenters. The zero-order chi connectivity index (χ0) is 15.4. The summed E-state index contributed by atoms with van der Waals surface area (Å²) in [5.41, 5.74) is 1.23. The van der Waals surface area contributed by atoms with Crippen LogP contribution in [-0.4, -0.2) is 54.5 Å². The predicted octanol–water partition coefficient (Wildman–Crippen LogP) is 2.56. The van der Waals surface area contributed by atoms with Gasteiger partial charge in [0.25, 0.3) is 0 Å². The lowest BCUT2D eigenvalue weighted by atomic mass is 10.1. The van der Waals surface area contributed by atoms with Gasteiger partial charge < -0.3 is 10.2 Å². The molecule has 1 heterocycles. The fourth-order valence-corrected chi connectivity index (χ4v) is 3.22. The highest BCUT2D eigenvalue weighted by Gasteiger charge is 2.34. The molecular formula is C18H29Cl2N3O. The molecule has 136 valence electrons. The quantitative estimate of drug-likeness (QED) is 0.831. The summed E-state index contributed by atoms with van der Waals surface area (Å²) in [5.74, 6) is 0.987.